The molecular weight excluding hydrogens is 1980 g/mol. The van der Waals surface area contributed by atoms with Gasteiger partial charge in [0.1, 0.15) is 28.2 Å². The highest BCUT2D eigenvalue weighted by atomic mass is 35.5. The minimum Gasteiger partial charge on any atom is -0.493 e. The Morgan fingerprint density at radius 3 is 0.902 bits per heavy atom. The van der Waals surface area contributed by atoms with Gasteiger partial charge in [0.05, 0.1) is 199 Å². The van der Waals surface area contributed by atoms with Crippen LogP contribution in [0.2, 0.25) is 40.2 Å². The molecule has 726 valence electrons. The molecule has 0 bridgehead atoms. The molecule has 4 aliphatic heterocycles. The minimum atomic E-state index is -3.67. The van der Waals surface area contributed by atoms with Crippen molar-refractivity contribution in [1.29, 1.82) is 0 Å². The number of hydrogen-bond acceptors (Lipinski definition) is 27. The van der Waals surface area contributed by atoms with Gasteiger partial charge in [0.2, 0.25) is 17.4 Å². The zero-order valence-corrected chi connectivity index (χ0v) is 84.1. The highest BCUT2D eigenvalue weighted by Crippen LogP contribution is 2.46. The zero-order chi connectivity index (χ0) is 97.6. The van der Waals surface area contributed by atoms with Gasteiger partial charge < -0.3 is 71.7 Å². The van der Waals surface area contributed by atoms with Crippen LogP contribution in [0.3, 0.4) is 0 Å². The van der Waals surface area contributed by atoms with Crippen molar-refractivity contribution in [2.75, 3.05) is 173 Å². The van der Waals surface area contributed by atoms with Crippen LogP contribution < -0.4 is 33.2 Å². The van der Waals surface area contributed by atoms with E-state index in [0.29, 0.717) is 146 Å². The summed E-state index contributed by atoms with van der Waals surface area (Å²) < 4.78 is 174. The Labute approximate surface area is 815 Å². The molecule has 4 fully saturated rings. The van der Waals surface area contributed by atoms with Crippen LogP contribution in [0, 0.1) is 0 Å². The molecule has 0 saturated carbocycles. The van der Waals surface area contributed by atoms with Gasteiger partial charge in [0.25, 0.3) is 58.2 Å². The summed E-state index contributed by atoms with van der Waals surface area (Å²) in [5, 5.41) is 2.82. The van der Waals surface area contributed by atoms with Gasteiger partial charge in [-0.15, -0.1) is 0 Å². The van der Waals surface area contributed by atoms with E-state index in [1.165, 1.54) is 42.7 Å². The van der Waals surface area contributed by atoms with Gasteiger partial charge in [-0.2, -0.15) is 33.7 Å². The van der Waals surface area contributed by atoms with E-state index in [1.807, 2.05) is 44.2 Å². The van der Waals surface area contributed by atoms with Crippen LogP contribution >= 0.6 is 92.8 Å². The third kappa shape index (κ3) is 30.5. The number of nitrogens with zero attached hydrogens (tertiary/aromatic N) is 4. The van der Waals surface area contributed by atoms with Gasteiger partial charge >= 0.3 is 0 Å². The maximum Gasteiger partial charge on any atom is 0.264 e. The molecule has 4 atom stereocenters. The van der Waals surface area contributed by atoms with E-state index in [1.54, 1.807) is 141 Å². The van der Waals surface area contributed by atoms with Gasteiger partial charge in [-0.25, -0.2) is 0 Å². The highest BCUT2D eigenvalue weighted by molar-refractivity contribution is 7.86. The maximum atomic E-state index is 13.6. The molecule has 43 heteroatoms. The van der Waals surface area contributed by atoms with Gasteiger partial charge in [-0.1, -0.05) is 147 Å². The molecule has 0 spiro atoms. The fourth-order valence-electron chi connectivity index (χ4n) is 15.1. The van der Waals surface area contributed by atoms with Crippen molar-refractivity contribution in [3.63, 3.8) is 0 Å². The van der Waals surface area contributed by atoms with Crippen molar-refractivity contribution in [3.8, 4) is 40.2 Å². The van der Waals surface area contributed by atoms with E-state index >= 15 is 0 Å². The monoisotopic (exact) mass is 2080 g/mol. The Bertz CT molecular complexity index is 5670. The summed E-state index contributed by atoms with van der Waals surface area (Å²) >= 11 is 49.3. The van der Waals surface area contributed by atoms with Gasteiger partial charge in [-0.05, 0) is 139 Å². The first-order valence-corrected chi connectivity index (χ1v) is 51.3. The predicted octanol–water partition coefficient (Wildman–Crippen LogP) is 15.7. The van der Waals surface area contributed by atoms with Crippen molar-refractivity contribution < 1.29 is 122 Å². The molecule has 8 aromatic rings. The molecule has 0 aromatic heterocycles. The van der Waals surface area contributed by atoms with Crippen LogP contribution in [0.5, 0.6) is 40.2 Å². The Hall–Kier alpha value is -7.96. The lowest BCUT2D eigenvalue weighted by Crippen LogP contribution is -2.52. The summed E-state index contributed by atoms with van der Waals surface area (Å²) in [6, 6.07) is 43.0. The Balaban J connectivity index is 0.000000200. The van der Waals surface area contributed by atoms with Crippen molar-refractivity contribution in [2.45, 2.75) is 74.5 Å². The fourth-order valence-corrected chi connectivity index (χ4v) is 17.9. The zero-order valence-electron chi connectivity index (χ0n) is 74.8. The predicted molar refractivity (Wildman–Crippen MR) is 507 cm³/mol. The molecule has 4 saturated heterocycles. The second-order valence-electron chi connectivity index (χ2n) is 31.2. The normalized spacial score (nSPS) is 18.8. The second kappa shape index (κ2) is 48.4. The molecule has 12 rings (SSSR count). The number of hydrogen-bond donors (Lipinski definition) is 0. The van der Waals surface area contributed by atoms with Crippen molar-refractivity contribution in [2.24, 2.45) is 0 Å². The molecule has 8 aromatic carbocycles. The van der Waals surface area contributed by atoms with E-state index in [2.05, 4.69) is 0 Å². The molecule has 133 heavy (non-hydrogen) atoms. The number of benzene rings is 8. The summed E-state index contributed by atoms with van der Waals surface area (Å²) in [6.07, 6.45) is 4.89. The van der Waals surface area contributed by atoms with Gasteiger partial charge in [0.15, 0.2) is 23.0 Å². The van der Waals surface area contributed by atoms with E-state index in [9.17, 15) is 52.8 Å². The lowest BCUT2D eigenvalue weighted by Gasteiger charge is -2.43. The molecule has 3 unspecified atom stereocenters. The molecule has 0 radical (unpaired) electrons. The van der Waals surface area contributed by atoms with Crippen molar-refractivity contribution in [1.82, 2.24) is 19.6 Å². The molecule has 4 heterocycles. The first-order chi connectivity index (χ1) is 62.7. The number of methoxy groups -OCH3 is 6. The van der Waals surface area contributed by atoms with Crippen LogP contribution in [0.4, 0.5) is 0 Å². The summed E-state index contributed by atoms with van der Waals surface area (Å²) in [6.45, 7) is 6.52. The van der Waals surface area contributed by atoms with E-state index < -0.39 is 62.9 Å². The largest absolute Gasteiger partial charge is 0.493 e. The fraction of sp³-hybridized carbons (Fsp3) is 0.422. The molecule has 31 nitrogen and oxygen atoms in total. The Kier molecular flexibility index (Phi) is 39.5. The number of halogens is 8. The number of rotatable bonds is 33. The van der Waals surface area contributed by atoms with Crippen LogP contribution in [0.1, 0.15) is 98.4 Å². The quantitative estimate of drug-likeness (QED) is 0.0345. The second-order valence-corrected chi connectivity index (χ2v) is 41.0. The average Bonchev–Trinajstić information content (AvgIpc) is 0.790. The number of carbonyl (C=O) groups is 4. The number of morpholine rings is 4. The molecular formula is C90H104Cl8N4O27S4. The third-order valence-corrected chi connectivity index (χ3v) is 26.8. The van der Waals surface area contributed by atoms with Gasteiger partial charge in [0, 0.05) is 68.6 Å². The maximum absolute atomic E-state index is 13.6. The van der Waals surface area contributed by atoms with Crippen molar-refractivity contribution in [3.05, 3.63) is 236 Å². The topological polar surface area (TPSA) is 356 Å². The Morgan fingerprint density at radius 2 is 0.632 bits per heavy atom. The van der Waals surface area contributed by atoms with Crippen LogP contribution in [-0.4, -0.2) is 256 Å². The third-order valence-electron chi connectivity index (χ3n) is 21.4. The SMILES string of the molecule is CC(C)Oc1cccc(CC(=O)N2CCOC(CCOS(C)(=O)=O)(c3ccc(Cl)c(Cl)c3)C2)c1.COc1cc(C(=O)N2CCOC(CCOS(C)(=O)=O)(c3ccc(Cl)c(Cl)c3)C2)cc(OC)c1OC.COc1cc(C(=O)N2CCO[C@](CCOS(C)(=O)=O)(c3ccc(Cl)c(Cl)c3)C2)cc(OC)c1OC.CS(=O)(=O)OCCC1(c2ccc(Cl)c(Cl)c2)CN(C(=O)c2ccccc2)CCO1. The van der Waals surface area contributed by atoms with E-state index in [0.717, 1.165) is 30.6 Å². The summed E-state index contributed by atoms with van der Waals surface area (Å²) in [5.41, 5.74) is 0.655. The number of ether oxygens (including phenoxy) is 11. The summed E-state index contributed by atoms with van der Waals surface area (Å²) in [4.78, 5) is 60.0. The molecule has 0 N–H and O–H groups in total. The summed E-state index contributed by atoms with van der Waals surface area (Å²) in [5.74, 6) is 2.07. The smallest absolute Gasteiger partial charge is 0.264 e. The first-order valence-electron chi connectivity index (χ1n) is 41.1. The number of amides is 4. The van der Waals surface area contributed by atoms with Crippen LogP contribution in [0.25, 0.3) is 0 Å². The standard InChI is InChI=1S/C24H29Cl2NO6S.2C23H27Cl2NO8S.C20H21Cl2NO5S/c1-17(2)33-20-6-4-5-18(13-20)14-23(28)27-10-12-31-24(16-27,9-11-32-34(3,29)30)19-7-8-21(25)22(26)15-19;2*1-30-19-11-15(12-20(31-2)21(19)32-3)22(27)26-8-10-33-23(14-26,7-9-34-35(4,28)29)16-5-6-17(24)18(25)13-16;1-29(25,26)28-11-9-20(16-7-8-17(21)18(22)13-16)14-23(10-12-27-20)19(24)15-5-3-2-4-6-15/h4-8,13,15,17H,9-12,14,16H2,1-3H3;2*5-6,11-13H,7-10,14H2,1-4H3;2-8,13H,9-12,14H2,1H3/t;23-;;/m.0../s1. The molecule has 4 amide bonds. The Morgan fingerprint density at radius 1 is 0.346 bits per heavy atom. The molecule has 0 aliphatic carbocycles. The lowest BCUT2D eigenvalue weighted by atomic mass is 9.88. The summed E-state index contributed by atoms with van der Waals surface area (Å²) in [7, 11) is -5.73. The van der Waals surface area contributed by atoms with E-state index in [-0.39, 0.29) is 141 Å². The first kappa shape index (κ1) is 109. The lowest BCUT2D eigenvalue weighted by molar-refractivity contribution is -0.154. The van der Waals surface area contributed by atoms with Crippen molar-refractivity contribution >= 4 is 157 Å². The molecule has 4 aliphatic rings. The number of carbonyl (C=O) groups excluding carboxylic acids is 4. The average molecular weight is 2090 g/mol. The van der Waals surface area contributed by atoms with E-state index in [4.69, 9.17) is 162 Å². The highest BCUT2D eigenvalue weighted by Gasteiger charge is 2.46. The van der Waals surface area contributed by atoms with Crippen LogP contribution in [0.15, 0.2) is 152 Å². The van der Waals surface area contributed by atoms with Crippen LogP contribution in [-0.2, 0) is 110 Å². The van der Waals surface area contributed by atoms with Gasteiger partial charge in [-0.3, -0.25) is 35.9 Å². The minimum absolute atomic E-state index is 0.0335.